The van der Waals surface area contributed by atoms with Gasteiger partial charge in [-0.3, -0.25) is 0 Å². The number of hydrogen-bond acceptors (Lipinski definition) is 2. The molecule has 7 aliphatic rings. The van der Waals surface area contributed by atoms with Crippen molar-refractivity contribution in [1.82, 2.24) is 13.7 Å². The van der Waals surface area contributed by atoms with Crippen molar-refractivity contribution >= 4 is 131 Å². The van der Waals surface area contributed by atoms with Gasteiger partial charge in [0.25, 0.3) is 0 Å². The molecule has 0 aliphatic carbocycles. The lowest BCUT2D eigenvalue weighted by Crippen LogP contribution is -2.41. The third kappa shape index (κ3) is 8.04. The average Bonchev–Trinajstić information content (AvgIpc) is 1.54. The standard InChI is InChI=1S/C58H46N2.C30H32BNO2.C10H6Br2/c1-55(2)41-23-11-19-37-38-20-12-24-42-50(38)59(49(37)41)53-45(55)27-31(28-46(53)56(42,3)4)33-15-9-18-36-34(16-10-17-35(33)36)32-29-47-54-48(30-32)58(7,8)44-26-14-22-40-39-21-13-25-43(57(47,5)6)51(39)60(54)52(40)44;1-27(2)20-13-9-11-18-19-12-10-14-21-25(19)32(24(18)20)26-22(27)15-17(16-23(26)28(21,3)4)31-33-29(5,6)30(7,8)34-31;11-9-5-1-3-7-8(9)4-2-6-10(7)12/h9-30H,1-8H3;9-16H,1-8H3;1-6H. The minimum atomic E-state index is -0.378. The van der Waals surface area contributed by atoms with Crippen molar-refractivity contribution in [2.75, 3.05) is 0 Å². The molecule has 8 heteroatoms. The number of hydrogen-bond donors (Lipinski definition) is 0. The van der Waals surface area contributed by atoms with E-state index in [-0.39, 0.29) is 50.8 Å². The van der Waals surface area contributed by atoms with Gasteiger partial charge in [-0.25, -0.2) is 0 Å². The smallest absolute Gasteiger partial charge is 0.399 e. The fraction of sp³-hybridized carbons (Fsp3) is 0.245. The number of benzene rings is 13. The van der Waals surface area contributed by atoms with E-state index in [9.17, 15) is 0 Å². The summed E-state index contributed by atoms with van der Waals surface area (Å²) >= 11 is 7.02. The summed E-state index contributed by atoms with van der Waals surface area (Å²) in [6, 6.07) is 82.8. The Balaban J connectivity index is 0.000000131. The number of halogens is 2. The quantitative estimate of drug-likeness (QED) is 0.165. The highest BCUT2D eigenvalue weighted by Gasteiger charge is 2.54. The van der Waals surface area contributed by atoms with E-state index in [1.165, 1.54) is 193 Å². The SMILES string of the molecule is Brc1cccc2c(Br)cccc12.CC1(C)c2cc(-c3cccc4c(-c5cc6c7c(c5)C(C)(C)c5cccc8c9cccc(c9n-7c58)C6(C)C)cccc34)cc3c2-n2c4c1cccc4c1cccc(c12)C3(C)C.CC1(C)c2cc(B3OC(C)(C)C(C)(C)O3)cc3c2-n2c4c1cccc4c1cccc(c12)C3(C)C. The lowest BCUT2D eigenvalue weighted by molar-refractivity contribution is 0.00578. The van der Waals surface area contributed by atoms with Crippen LogP contribution in [0, 0.1) is 0 Å². The molecule has 0 amide bonds. The molecule has 1 saturated heterocycles. The summed E-state index contributed by atoms with van der Waals surface area (Å²) < 4.78 is 23.2. The van der Waals surface area contributed by atoms with Crippen LogP contribution in [0.15, 0.2) is 227 Å². The maximum absolute atomic E-state index is 6.53. The van der Waals surface area contributed by atoms with Gasteiger partial charge in [-0.1, -0.05) is 297 Å². The monoisotopic (exact) mass is 1500 g/mol. The number of para-hydroxylation sites is 6. The van der Waals surface area contributed by atoms with Gasteiger partial charge in [-0.2, -0.15) is 0 Å². The third-order valence-corrected chi connectivity index (χ3v) is 28.8. The molecule has 13 aromatic carbocycles. The average molecular weight is 1510 g/mol. The summed E-state index contributed by atoms with van der Waals surface area (Å²) in [5.41, 5.74) is 33.7. The van der Waals surface area contributed by atoms with Crippen LogP contribution in [0.25, 0.3) is 126 Å². The van der Waals surface area contributed by atoms with Gasteiger partial charge in [0.05, 0.1) is 61.4 Å². The van der Waals surface area contributed by atoms with Gasteiger partial charge in [0.1, 0.15) is 0 Å². The summed E-state index contributed by atoms with van der Waals surface area (Å²) in [4.78, 5) is 0. The zero-order valence-corrected chi connectivity index (χ0v) is 66.4. The van der Waals surface area contributed by atoms with Crippen LogP contribution in [0.1, 0.15) is 178 Å². The van der Waals surface area contributed by atoms with Gasteiger partial charge in [0.2, 0.25) is 0 Å². The molecule has 16 aromatic rings. The van der Waals surface area contributed by atoms with Gasteiger partial charge in [0.15, 0.2) is 0 Å². The molecule has 0 spiro atoms. The minimum absolute atomic E-state index is 0.138. The Kier molecular flexibility index (Phi) is 12.8. The highest BCUT2D eigenvalue weighted by atomic mass is 79.9. The summed E-state index contributed by atoms with van der Waals surface area (Å²) in [5.74, 6) is 0. The zero-order chi connectivity index (χ0) is 73.1. The molecule has 0 saturated carbocycles. The molecule has 0 radical (unpaired) electrons. The van der Waals surface area contributed by atoms with Crippen LogP contribution >= 0.6 is 31.9 Å². The Labute approximate surface area is 637 Å². The zero-order valence-electron chi connectivity index (χ0n) is 63.3. The lowest BCUT2D eigenvalue weighted by atomic mass is 9.65. The van der Waals surface area contributed by atoms with Crippen LogP contribution in [-0.4, -0.2) is 32.0 Å². The molecule has 0 unspecified atom stereocenters. The van der Waals surface area contributed by atoms with E-state index >= 15 is 0 Å². The topological polar surface area (TPSA) is 33.2 Å². The van der Waals surface area contributed by atoms with Gasteiger partial charge in [-0.05, 0) is 180 Å². The molecule has 10 heterocycles. The van der Waals surface area contributed by atoms with Crippen molar-refractivity contribution in [2.45, 2.75) is 154 Å². The normalized spacial score (nSPS) is 18.2. The first-order chi connectivity index (χ1) is 50.5. The highest BCUT2D eigenvalue weighted by molar-refractivity contribution is 9.11. The Bertz CT molecular complexity index is 6170. The van der Waals surface area contributed by atoms with Gasteiger partial charge < -0.3 is 23.0 Å². The number of aromatic nitrogens is 3. The Hall–Kier alpha value is -9.28. The van der Waals surface area contributed by atoms with E-state index in [0.717, 1.165) is 14.4 Å². The van der Waals surface area contributed by atoms with Gasteiger partial charge >= 0.3 is 7.12 Å². The molecule has 520 valence electrons. The Morgan fingerprint density at radius 2 is 0.462 bits per heavy atom. The van der Waals surface area contributed by atoms with E-state index in [0.29, 0.717) is 0 Å². The van der Waals surface area contributed by atoms with Crippen molar-refractivity contribution in [3.05, 3.63) is 294 Å². The predicted molar refractivity (Wildman–Crippen MR) is 452 cm³/mol. The molecule has 3 aromatic heterocycles. The van der Waals surface area contributed by atoms with Crippen molar-refractivity contribution < 1.29 is 9.31 Å². The first-order valence-electron chi connectivity index (χ1n) is 38.0. The molecule has 7 aliphatic heterocycles. The van der Waals surface area contributed by atoms with Crippen LogP contribution in [-0.2, 0) is 41.8 Å². The van der Waals surface area contributed by atoms with E-state index in [4.69, 9.17) is 9.31 Å². The van der Waals surface area contributed by atoms with E-state index in [1.54, 1.807) is 0 Å². The van der Waals surface area contributed by atoms with Crippen molar-refractivity contribution in [3.8, 4) is 39.3 Å². The summed E-state index contributed by atoms with van der Waals surface area (Å²) in [5, 5.41) is 13.2. The maximum atomic E-state index is 6.53. The Morgan fingerprint density at radius 1 is 0.245 bits per heavy atom. The maximum Gasteiger partial charge on any atom is 0.494 e. The fourth-order valence-electron chi connectivity index (χ4n) is 20.9. The van der Waals surface area contributed by atoms with E-state index in [1.807, 2.05) is 12.1 Å². The third-order valence-electron chi connectivity index (χ3n) is 27.4. The summed E-state index contributed by atoms with van der Waals surface area (Å²) in [6.45, 7) is 37.5. The lowest BCUT2D eigenvalue weighted by Gasteiger charge is -2.42. The predicted octanol–water partition coefficient (Wildman–Crippen LogP) is 25.7. The first kappa shape index (κ1) is 65.1. The molecule has 1 fully saturated rings. The summed E-state index contributed by atoms with van der Waals surface area (Å²) in [6.07, 6.45) is 0. The molecular weight excluding hydrogens is 1420 g/mol. The number of nitrogens with zero attached hydrogens (tertiary/aromatic N) is 3. The Morgan fingerprint density at radius 3 is 0.726 bits per heavy atom. The van der Waals surface area contributed by atoms with Crippen LogP contribution in [0.3, 0.4) is 0 Å². The molecule has 0 N–H and O–H groups in total. The van der Waals surface area contributed by atoms with Crippen molar-refractivity contribution in [3.63, 3.8) is 0 Å². The van der Waals surface area contributed by atoms with Crippen LogP contribution in [0.4, 0.5) is 0 Å². The van der Waals surface area contributed by atoms with Crippen molar-refractivity contribution in [2.24, 2.45) is 0 Å². The van der Waals surface area contributed by atoms with Crippen LogP contribution < -0.4 is 5.46 Å². The highest BCUT2D eigenvalue weighted by Crippen LogP contribution is 2.61. The fourth-order valence-corrected chi connectivity index (χ4v) is 21.9. The number of fused-ring (bicyclic) bond motifs is 5. The van der Waals surface area contributed by atoms with Crippen LogP contribution in [0.2, 0.25) is 0 Å². The first-order valence-corrected chi connectivity index (χ1v) is 39.5. The largest absolute Gasteiger partial charge is 0.494 e. The molecular formula is C98H84BBr2N3O2. The second-order valence-corrected chi connectivity index (χ2v) is 37.3. The van der Waals surface area contributed by atoms with Gasteiger partial charge in [0, 0.05) is 73.8 Å². The second-order valence-electron chi connectivity index (χ2n) is 35.6. The molecule has 23 rings (SSSR count). The number of rotatable bonds is 3. The van der Waals surface area contributed by atoms with E-state index in [2.05, 4.69) is 363 Å². The minimum Gasteiger partial charge on any atom is -0.399 e. The molecule has 5 nitrogen and oxygen atoms in total. The molecule has 0 atom stereocenters. The molecule has 0 bridgehead atoms. The van der Waals surface area contributed by atoms with E-state index < -0.39 is 0 Å². The second kappa shape index (κ2) is 20.9. The molecule has 106 heavy (non-hydrogen) atoms. The summed E-state index contributed by atoms with van der Waals surface area (Å²) in [7, 11) is -0.378. The van der Waals surface area contributed by atoms with Crippen LogP contribution in [0.5, 0.6) is 0 Å². The van der Waals surface area contributed by atoms with Gasteiger partial charge in [-0.15, -0.1) is 0 Å². The van der Waals surface area contributed by atoms with Crippen molar-refractivity contribution in [1.29, 1.82) is 0 Å².